The van der Waals surface area contributed by atoms with Gasteiger partial charge in [0.1, 0.15) is 5.75 Å². The smallest absolute Gasteiger partial charge is 0.254 e. The van der Waals surface area contributed by atoms with Gasteiger partial charge in [0.05, 0.1) is 10.6 Å². The summed E-state index contributed by atoms with van der Waals surface area (Å²) in [6.07, 6.45) is 0. The first kappa shape index (κ1) is 14.7. The third-order valence-corrected chi connectivity index (χ3v) is 3.98. The number of benzene rings is 3. The van der Waals surface area contributed by atoms with E-state index in [0.29, 0.717) is 22.4 Å². The van der Waals surface area contributed by atoms with Gasteiger partial charge in [0.2, 0.25) is 5.89 Å². The van der Waals surface area contributed by atoms with Crippen LogP contribution in [0.25, 0.3) is 22.2 Å². The van der Waals surface area contributed by atoms with E-state index in [0.717, 1.165) is 11.1 Å². The molecule has 0 saturated heterocycles. The van der Waals surface area contributed by atoms with E-state index in [2.05, 4.69) is 16.3 Å². The van der Waals surface area contributed by atoms with Crippen LogP contribution in [0.3, 0.4) is 0 Å². The van der Waals surface area contributed by atoms with Crippen LogP contribution in [0, 0.1) is 0 Å². The van der Waals surface area contributed by atoms with Gasteiger partial charge in [0.15, 0.2) is 6.61 Å². The van der Waals surface area contributed by atoms with Gasteiger partial charge in [-0.15, -0.1) is 10.2 Å². The van der Waals surface area contributed by atoms with Gasteiger partial charge < -0.3 is 9.15 Å². The lowest BCUT2D eigenvalue weighted by Crippen LogP contribution is -1.95. The summed E-state index contributed by atoms with van der Waals surface area (Å²) in [6, 6.07) is 21.4. The third-order valence-electron chi connectivity index (χ3n) is 3.65. The fourth-order valence-corrected chi connectivity index (χ4v) is 2.67. The molecule has 0 atom stereocenters. The zero-order valence-electron chi connectivity index (χ0n) is 12.6. The summed E-state index contributed by atoms with van der Waals surface area (Å²) < 4.78 is 11.4. The Kier molecular flexibility index (Phi) is 3.89. The summed E-state index contributed by atoms with van der Waals surface area (Å²) in [4.78, 5) is 0. The Bertz CT molecular complexity index is 997. The molecule has 0 aliphatic rings. The molecule has 0 aliphatic heterocycles. The molecule has 5 heteroatoms. The number of aromatic nitrogens is 2. The van der Waals surface area contributed by atoms with Crippen molar-refractivity contribution in [3.63, 3.8) is 0 Å². The maximum atomic E-state index is 6.14. The van der Waals surface area contributed by atoms with Crippen LogP contribution in [0.2, 0.25) is 5.02 Å². The van der Waals surface area contributed by atoms with E-state index in [1.54, 1.807) is 6.07 Å². The van der Waals surface area contributed by atoms with Crippen LogP contribution in [0.5, 0.6) is 5.75 Å². The molecule has 0 saturated carbocycles. The van der Waals surface area contributed by atoms with Crippen LogP contribution in [0.1, 0.15) is 5.89 Å². The number of rotatable bonds is 4. The van der Waals surface area contributed by atoms with Crippen molar-refractivity contribution < 1.29 is 9.15 Å². The highest BCUT2D eigenvalue weighted by molar-refractivity contribution is 6.33. The van der Waals surface area contributed by atoms with Crippen molar-refractivity contribution >= 4 is 22.4 Å². The van der Waals surface area contributed by atoms with Gasteiger partial charge in [0, 0.05) is 0 Å². The number of hydrogen-bond donors (Lipinski definition) is 0. The second-order valence-electron chi connectivity index (χ2n) is 5.28. The molecule has 1 aromatic heterocycles. The Balaban J connectivity index is 1.51. The molecule has 0 aliphatic carbocycles. The standard InChI is InChI=1S/C19H13ClN2O2/c20-17-8-4-3-7-16(17)19-22-21-18(24-19)12-23-15-10-9-13-5-1-2-6-14(13)11-15/h1-11H,12H2. The summed E-state index contributed by atoms with van der Waals surface area (Å²) in [6.45, 7) is 0.204. The Morgan fingerprint density at radius 1 is 0.875 bits per heavy atom. The molecular formula is C19H13ClN2O2. The normalized spacial score (nSPS) is 10.9. The molecule has 4 rings (SSSR count). The maximum absolute atomic E-state index is 6.14. The zero-order valence-corrected chi connectivity index (χ0v) is 13.4. The van der Waals surface area contributed by atoms with E-state index >= 15 is 0 Å². The first-order valence-corrected chi connectivity index (χ1v) is 7.86. The number of halogens is 1. The second kappa shape index (κ2) is 6.34. The van der Waals surface area contributed by atoms with Gasteiger partial charge in [-0.1, -0.05) is 54.1 Å². The van der Waals surface area contributed by atoms with Gasteiger partial charge in [-0.3, -0.25) is 0 Å². The maximum Gasteiger partial charge on any atom is 0.254 e. The molecule has 0 spiro atoms. The lowest BCUT2D eigenvalue weighted by atomic mass is 10.1. The van der Waals surface area contributed by atoms with Crippen molar-refractivity contribution in [1.29, 1.82) is 0 Å². The van der Waals surface area contributed by atoms with Gasteiger partial charge in [-0.05, 0) is 35.0 Å². The highest BCUT2D eigenvalue weighted by Crippen LogP contribution is 2.27. The van der Waals surface area contributed by atoms with Crippen LogP contribution < -0.4 is 4.74 Å². The van der Waals surface area contributed by atoms with Crippen molar-refractivity contribution in [1.82, 2.24) is 10.2 Å². The summed E-state index contributed by atoms with van der Waals surface area (Å²) in [5, 5.41) is 10.9. The molecule has 118 valence electrons. The highest BCUT2D eigenvalue weighted by atomic mass is 35.5. The predicted octanol–water partition coefficient (Wildman–Crippen LogP) is 5.12. The van der Waals surface area contributed by atoms with Crippen molar-refractivity contribution in [2.75, 3.05) is 0 Å². The summed E-state index contributed by atoms with van der Waals surface area (Å²) in [5.41, 5.74) is 0.712. The fraction of sp³-hybridized carbons (Fsp3) is 0.0526. The Labute approximate surface area is 143 Å². The minimum atomic E-state index is 0.204. The summed E-state index contributed by atoms with van der Waals surface area (Å²) in [5.74, 6) is 1.54. The lowest BCUT2D eigenvalue weighted by molar-refractivity contribution is 0.265. The Hall–Kier alpha value is -2.85. The molecule has 0 N–H and O–H groups in total. The number of nitrogens with zero attached hydrogens (tertiary/aromatic N) is 2. The van der Waals surface area contributed by atoms with Crippen molar-refractivity contribution in [3.05, 3.63) is 77.6 Å². The average Bonchev–Trinajstić information content (AvgIpc) is 3.09. The molecule has 0 amide bonds. The number of hydrogen-bond acceptors (Lipinski definition) is 4. The Morgan fingerprint density at radius 3 is 2.54 bits per heavy atom. The van der Waals surface area contributed by atoms with Crippen LogP contribution in [0.15, 0.2) is 71.1 Å². The SMILES string of the molecule is Clc1ccccc1-c1nnc(COc2ccc3ccccc3c2)o1. The zero-order chi connectivity index (χ0) is 16.4. The monoisotopic (exact) mass is 336 g/mol. The van der Waals surface area contributed by atoms with Gasteiger partial charge in [-0.25, -0.2) is 0 Å². The van der Waals surface area contributed by atoms with Crippen molar-refractivity contribution in [2.45, 2.75) is 6.61 Å². The molecule has 0 unspecified atom stereocenters. The molecule has 1 heterocycles. The predicted molar refractivity (Wildman–Crippen MR) is 93.0 cm³/mol. The average molecular weight is 337 g/mol. The molecule has 0 radical (unpaired) electrons. The van der Waals surface area contributed by atoms with E-state index in [-0.39, 0.29) is 6.61 Å². The van der Waals surface area contributed by atoms with Crippen molar-refractivity contribution in [2.24, 2.45) is 0 Å². The number of fused-ring (bicyclic) bond motifs is 1. The molecule has 24 heavy (non-hydrogen) atoms. The van der Waals surface area contributed by atoms with Crippen LogP contribution in [0.4, 0.5) is 0 Å². The van der Waals surface area contributed by atoms with Gasteiger partial charge >= 0.3 is 0 Å². The minimum Gasteiger partial charge on any atom is -0.484 e. The van der Waals surface area contributed by atoms with Crippen LogP contribution >= 0.6 is 11.6 Å². The highest BCUT2D eigenvalue weighted by Gasteiger charge is 2.11. The van der Waals surface area contributed by atoms with E-state index in [1.165, 1.54) is 5.39 Å². The van der Waals surface area contributed by atoms with E-state index in [1.807, 2.05) is 54.6 Å². The van der Waals surface area contributed by atoms with Crippen molar-refractivity contribution in [3.8, 4) is 17.2 Å². The molecule has 0 bridgehead atoms. The first-order valence-electron chi connectivity index (χ1n) is 7.48. The molecular weight excluding hydrogens is 324 g/mol. The lowest BCUT2D eigenvalue weighted by Gasteiger charge is -2.05. The third kappa shape index (κ3) is 2.96. The van der Waals surface area contributed by atoms with E-state index in [9.17, 15) is 0 Å². The first-order chi connectivity index (χ1) is 11.8. The van der Waals surface area contributed by atoms with E-state index in [4.69, 9.17) is 20.8 Å². The number of ether oxygens (including phenoxy) is 1. The summed E-state index contributed by atoms with van der Waals surface area (Å²) >= 11 is 6.14. The minimum absolute atomic E-state index is 0.204. The Morgan fingerprint density at radius 2 is 1.67 bits per heavy atom. The van der Waals surface area contributed by atoms with Crippen LogP contribution in [-0.4, -0.2) is 10.2 Å². The largest absolute Gasteiger partial charge is 0.484 e. The van der Waals surface area contributed by atoms with Crippen LogP contribution in [-0.2, 0) is 6.61 Å². The molecule has 0 fully saturated rings. The molecule has 4 aromatic rings. The summed E-state index contributed by atoms with van der Waals surface area (Å²) in [7, 11) is 0. The van der Waals surface area contributed by atoms with E-state index < -0.39 is 0 Å². The van der Waals surface area contributed by atoms with Gasteiger partial charge in [0.25, 0.3) is 5.89 Å². The topological polar surface area (TPSA) is 48.2 Å². The molecule has 3 aromatic carbocycles. The fourth-order valence-electron chi connectivity index (χ4n) is 2.46. The second-order valence-corrected chi connectivity index (χ2v) is 5.69. The van der Waals surface area contributed by atoms with Gasteiger partial charge in [-0.2, -0.15) is 0 Å². The molecule has 4 nitrogen and oxygen atoms in total. The quantitative estimate of drug-likeness (QED) is 0.519.